The average Bonchev–Trinajstić information content (AvgIpc) is 2.79. The lowest BCUT2D eigenvalue weighted by molar-refractivity contribution is -0.137. The standard InChI is InChI=1S/C23H20F3N3O3/c1-2-31-17-10-11-20(27-14-17)29-12-13-32-21-18(4-3-5-19(21)29)22(30)28-16-8-6-15(7-9-16)23(24,25)26/h3-11,14H,2,12-13H2,1H3,(H,28,30). The van der Waals surface area contributed by atoms with Gasteiger partial charge in [-0.15, -0.1) is 0 Å². The van der Waals surface area contributed by atoms with E-state index in [4.69, 9.17) is 9.47 Å². The van der Waals surface area contributed by atoms with Crippen molar-refractivity contribution in [1.82, 2.24) is 4.98 Å². The Hall–Kier alpha value is -3.75. The Balaban J connectivity index is 1.57. The van der Waals surface area contributed by atoms with Crippen LogP contribution >= 0.6 is 0 Å². The van der Waals surface area contributed by atoms with Crippen LogP contribution < -0.4 is 19.7 Å². The quantitative estimate of drug-likeness (QED) is 0.581. The van der Waals surface area contributed by atoms with Gasteiger partial charge >= 0.3 is 6.18 Å². The Labute approximate surface area is 182 Å². The lowest BCUT2D eigenvalue weighted by Gasteiger charge is -2.31. The lowest BCUT2D eigenvalue weighted by Crippen LogP contribution is -2.30. The van der Waals surface area contributed by atoms with Crippen molar-refractivity contribution in [2.24, 2.45) is 0 Å². The van der Waals surface area contributed by atoms with Crippen LogP contribution in [0.5, 0.6) is 11.5 Å². The summed E-state index contributed by atoms with van der Waals surface area (Å²) >= 11 is 0. The molecule has 0 spiro atoms. The van der Waals surface area contributed by atoms with Gasteiger partial charge in [-0.2, -0.15) is 13.2 Å². The summed E-state index contributed by atoms with van der Waals surface area (Å²) in [6.45, 7) is 3.31. The van der Waals surface area contributed by atoms with E-state index in [1.165, 1.54) is 12.1 Å². The van der Waals surface area contributed by atoms with Crippen molar-refractivity contribution in [2.45, 2.75) is 13.1 Å². The molecule has 1 aliphatic heterocycles. The fraction of sp³-hybridized carbons (Fsp3) is 0.217. The maximum absolute atomic E-state index is 12.9. The van der Waals surface area contributed by atoms with Crippen molar-refractivity contribution in [3.63, 3.8) is 0 Å². The van der Waals surface area contributed by atoms with Crippen molar-refractivity contribution in [2.75, 3.05) is 30.0 Å². The predicted octanol–water partition coefficient (Wildman–Crippen LogP) is 5.28. The maximum atomic E-state index is 12.9. The van der Waals surface area contributed by atoms with Crippen LogP contribution in [0.4, 0.5) is 30.4 Å². The summed E-state index contributed by atoms with van der Waals surface area (Å²) in [5.74, 6) is 1.25. The van der Waals surface area contributed by atoms with Gasteiger partial charge in [0.05, 0.1) is 36.2 Å². The zero-order chi connectivity index (χ0) is 22.7. The first-order chi connectivity index (χ1) is 15.4. The van der Waals surface area contributed by atoms with E-state index in [-0.39, 0.29) is 11.3 Å². The Bertz CT molecular complexity index is 1100. The number of fused-ring (bicyclic) bond motifs is 1. The molecule has 0 fully saturated rings. The van der Waals surface area contributed by atoms with Gasteiger partial charge in [-0.05, 0) is 55.5 Å². The zero-order valence-electron chi connectivity index (χ0n) is 17.1. The third-order valence-electron chi connectivity index (χ3n) is 4.87. The molecule has 166 valence electrons. The van der Waals surface area contributed by atoms with Crippen molar-refractivity contribution >= 4 is 23.1 Å². The summed E-state index contributed by atoms with van der Waals surface area (Å²) in [7, 11) is 0. The molecule has 32 heavy (non-hydrogen) atoms. The SMILES string of the molecule is CCOc1ccc(N2CCOc3c(C(=O)Nc4ccc(C(F)(F)F)cc4)cccc32)nc1. The largest absolute Gasteiger partial charge is 0.492 e. The van der Waals surface area contributed by atoms with Crippen molar-refractivity contribution < 1.29 is 27.4 Å². The molecule has 1 aliphatic rings. The number of nitrogens with zero attached hydrogens (tertiary/aromatic N) is 2. The first-order valence-corrected chi connectivity index (χ1v) is 9.97. The van der Waals surface area contributed by atoms with E-state index in [9.17, 15) is 18.0 Å². The van der Waals surface area contributed by atoms with E-state index in [1.807, 2.05) is 30.0 Å². The van der Waals surface area contributed by atoms with Gasteiger partial charge in [0.25, 0.3) is 5.91 Å². The second kappa shape index (κ2) is 8.78. The minimum Gasteiger partial charge on any atom is -0.492 e. The molecule has 2 aromatic carbocycles. The number of benzene rings is 2. The molecule has 0 aliphatic carbocycles. The van der Waals surface area contributed by atoms with Gasteiger partial charge in [0.2, 0.25) is 0 Å². The molecule has 0 saturated carbocycles. The fourth-order valence-corrected chi connectivity index (χ4v) is 3.39. The number of aromatic nitrogens is 1. The minimum atomic E-state index is -4.44. The number of amides is 1. The smallest absolute Gasteiger partial charge is 0.416 e. The van der Waals surface area contributed by atoms with Gasteiger partial charge in [-0.1, -0.05) is 6.07 Å². The number of hydrogen-bond donors (Lipinski definition) is 1. The second-order valence-electron chi connectivity index (χ2n) is 6.97. The molecule has 1 aromatic heterocycles. The summed E-state index contributed by atoms with van der Waals surface area (Å²) < 4.78 is 49.5. The van der Waals surface area contributed by atoms with Gasteiger partial charge in [-0.25, -0.2) is 4.98 Å². The Morgan fingerprint density at radius 3 is 2.59 bits per heavy atom. The first kappa shape index (κ1) is 21.5. The van der Waals surface area contributed by atoms with Crippen LogP contribution in [0.2, 0.25) is 0 Å². The third kappa shape index (κ3) is 4.46. The minimum absolute atomic E-state index is 0.251. The highest BCUT2D eigenvalue weighted by atomic mass is 19.4. The number of pyridine rings is 1. The van der Waals surface area contributed by atoms with Crippen LogP contribution in [-0.4, -0.2) is 30.6 Å². The normalized spacial score (nSPS) is 13.2. The molecule has 1 N–H and O–H groups in total. The number of ether oxygens (including phenoxy) is 2. The molecular formula is C23H20F3N3O3. The topological polar surface area (TPSA) is 63.7 Å². The highest BCUT2D eigenvalue weighted by Crippen LogP contribution is 2.39. The van der Waals surface area contributed by atoms with E-state index in [0.717, 1.165) is 12.1 Å². The van der Waals surface area contributed by atoms with Crippen LogP contribution in [0.3, 0.4) is 0 Å². The van der Waals surface area contributed by atoms with Gasteiger partial charge in [0.15, 0.2) is 5.75 Å². The molecule has 3 aromatic rings. The Kier molecular flexibility index (Phi) is 5.89. The fourth-order valence-electron chi connectivity index (χ4n) is 3.39. The summed E-state index contributed by atoms with van der Waals surface area (Å²) in [6.07, 6.45) is -2.80. The van der Waals surface area contributed by atoms with Crippen LogP contribution in [0.1, 0.15) is 22.8 Å². The highest BCUT2D eigenvalue weighted by Gasteiger charge is 2.30. The van der Waals surface area contributed by atoms with Crippen molar-refractivity contribution in [3.05, 3.63) is 71.9 Å². The molecular weight excluding hydrogens is 423 g/mol. The van der Waals surface area contributed by atoms with Gasteiger partial charge < -0.3 is 19.7 Å². The van der Waals surface area contributed by atoms with Crippen molar-refractivity contribution in [1.29, 1.82) is 0 Å². The highest BCUT2D eigenvalue weighted by molar-refractivity contribution is 6.07. The average molecular weight is 443 g/mol. The summed E-state index contributed by atoms with van der Waals surface area (Å²) in [5, 5.41) is 2.63. The Morgan fingerprint density at radius 1 is 1.16 bits per heavy atom. The number of rotatable bonds is 5. The number of para-hydroxylation sites is 1. The number of nitrogens with one attached hydrogen (secondary N) is 1. The number of carbonyl (C=O) groups excluding carboxylic acids is 1. The van der Waals surface area contributed by atoms with Gasteiger partial charge in [0, 0.05) is 5.69 Å². The lowest BCUT2D eigenvalue weighted by atomic mass is 10.1. The number of carbonyl (C=O) groups is 1. The van der Waals surface area contributed by atoms with E-state index in [0.29, 0.717) is 42.8 Å². The van der Waals surface area contributed by atoms with Gasteiger partial charge in [-0.3, -0.25) is 4.79 Å². The number of halogens is 3. The van der Waals surface area contributed by atoms with Crippen LogP contribution in [0, 0.1) is 0 Å². The molecule has 1 amide bonds. The summed E-state index contributed by atoms with van der Waals surface area (Å²) in [5.41, 5.74) is 0.418. The third-order valence-corrected chi connectivity index (χ3v) is 4.87. The predicted molar refractivity (Wildman–Crippen MR) is 114 cm³/mol. The number of alkyl halides is 3. The molecule has 2 heterocycles. The summed E-state index contributed by atoms with van der Waals surface area (Å²) in [6, 6.07) is 13.1. The summed E-state index contributed by atoms with van der Waals surface area (Å²) in [4.78, 5) is 19.2. The van der Waals surface area contributed by atoms with E-state index < -0.39 is 17.6 Å². The molecule has 4 rings (SSSR count). The van der Waals surface area contributed by atoms with Gasteiger partial charge in [0.1, 0.15) is 18.2 Å². The number of hydrogen-bond acceptors (Lipinski definition) is 5. The van der Waals surface area contributed by atoms with E-state index in [2.05, 4.69) is 10.3 Å². The zero-order valence-corrected chi connectivity index (χ0v) is 17.1. The van der Waals surface area contributed by atoms with Crippen molar-refractivity contribution in [3.8, 4) is 11.5 Å². The molecule has 6 nitrogen and oxygen atoms in total. The van der Waals surface area contributed by atoms with Crippen LogP contribution in [0.15, 0.2) is 60.8 Å². The second-order valence-corrected chi connectivity index (χ2v) is 6.97. The molecule has 0 radical (unpaired) electrons. The van der Waals surface area contributed by atoms with Crippen LogP contribution in [-0.2, 0) is 6.18 Å². The monoisotopic (exact) mass is 443 g/mol. The van der Waals surface area contributed by atoms with E-state index in [1.54, 1.807) is 18.3 Å². The molecule has 9 heteroatoms. The Morgan fingerprint density at radius 2 is 1.94 bits per heavy atom. The van der Waals surface area contributed by atoms with E-state index >= 15 is 0 Å². The molecule has 0 unspecified atom stereocenters. The first-order valence-electron chi connectivity index (χ1n) is 9.97. The molecule has 0 saturated heterocycles. The maximum Gasteiger partial charge on any atom is 0.416 e. The molecule has 0 atom stereocenters. The van der Waals surface area contributed by atoms with Crippen LogP contribution in [0.25, 0.3) is 0 Å². The molecule has 0 bridgehead atoms. The number of anilines is 3.